The van der Waals surface area contributed by atoms with Crippen LogP contribution in [-0.4, -0.2) is 36.9 Å². The van der Waals surface area contributed by atoms with E-state index < -0.39 is 0 Å². The fourth-order valence-corrected chi connectivity index (χ4v) is 3.11. The summed E-state index contributed by atoms with van der Waals surface area (Å²) >= 11 is 0. The molecule has 0 spiro atoms. The molecule has 0 amide bonds. The van der Waals surface area contributed by atoms with Crippen molar-refractivity contribution in [2.75, 3.05) is 26.2 Å². The number of piperidine rings is 1. The third-order valence-electron chi connectivity index (χ3n) is 4.36. The highest BCUT2D eigenvalue weighted by atomic mass is 16.5. The molecule has 1 aromatic rings. The molecule has 0 saturated carbocycles. The van der Waals surface area contributed by atoms with Crippen LogP contribution >= 0.6 is 0 Å². The molecule has 0 N–H and O–H groups in total. The predicted octanol–water partition coefficient (Wildman–Crippen LogP) is 4.27. The van der Waals surface area contributed by atoms with Gasteiger partial charge in [0, 0.05) is 18.5 Å². The molecule has 0 aromatic heterocycles. The Labute approximate surface area is 134 Å². The molecule has 1 aromatic carbocycles. The largest absolute Gasteiger partial charge is 0.494 e. The van der Waals surface area contributed by atoms with Crippen molar-refractivity contribution in [3.63, 3.8) is 0 Å². The fourth-order valence-electron chi connectivity index (χ4n) is 3.11. The number of carbonyl (C=O) groups excluding carboxylic acids is 1. The second kappa shape index (κ2) is 8.33. The van der Waals surface area contributed by atoms with Crippen molar-refractivity contribution in [3.05, 3.63) is 29.3 Å². The molecule has 3 heteroatoms. The van der Waals surface area contributed by atoms with Gasteiger partial charge in [0.25, 0.3) is 0 Å². The Kier molecular flexibility index (Phi) is 6.44. The first-order valence-electron chi connectivity index (χ1n) is 8.64. The minimum atomic E-state index is 0.261. The Morgan fingerprint density at radius 3 is 2.59 bits per heavy atom. The maximum absolute atomic E-state index is 12.6. The third-order valence-corrected chi connectivity index (χ3v) is 4.36. The summed E-state index contributed by atoms with van der Waals surface area (Å²) in [5.41, 5.74) is 1.98. The van der Waals surface area contributed by atoms with Crippen molar-refractivity contribution in [2.45, 2.75) is 52.4 Å². The number of ether oxygens (including phenoxy) is 1. The molecule has 1 fully saturated rings. The number of nitrogens with zero attached hydrogens (tertiary/aromatic N) is 1. The number of hydrogen-bond donors (Lipinski definition) is 0. The lowest BCUT2D eigenvalue weighted by atomic mass is 9.93. The summed E-state index contributed by atoms with van der Waals surface area (Å²) in [6.07, 6.45) is 4.50. The van der Waals surface area contributed by atoms with E-state index in [2.05, 4.69) is 18.7 Å². The number of carbonyl (C=O) groups is 1. The van der Waals surface area contributed by atoms with Crippen LogP contribution in [0.25, 0.3) is 0 Å². The topological polar surface area (TPSA) is 29.5 Å². The van der Waals surface area contributed by atoms with Gasteiger partial charge in [0.15, 0.2) is 5.78 Å². The van der Waals surface area contributed by atoms with Crippen LogP contribution in [0, 0.1) is 0 Å². The second-order valence-electron chi connectivity index (χ2n) is 6.41. The van der Waals surface area contributed by atoms with E-state index in [1.54, 1.807) is 0 Å². The molecule has 1 saturated heterocycles. The first kappa shape index (κ1) is 17.0. The molecule has 22 heavy (non-hydrogen) atoms. The first-order valence-corrected chi connectivity index (χ1v) is 8.64. The van der Waals surface area contributed by atoms with Crippen molar-refractivity contribution in [1.29, 1.82) is 0 Å². The van der Waals surface area contributed by atoms with E-state index in [-0.39, 0.29) is 5.78 Å². The highest BCUT2D eigenvalue weighted by Crippen LogP contribution is 2.26. The first-order chi connectivity index (χ1) is 10.6. The Hall–Kier alpha value is -1.35. The molecule has 3 nitrogen and oxygen atoms in total. The van der Waals surface area contributed by atoms with Gasteiger partial charge in [-0.25, -0.2) is 0 Å². The van der Waals surface area contributed by atoms with Crippen LogP contribution < -0.4 is 4.74 Å². The van der Waals surface area contributed by atoms with Gasteiger partial charge < -0.3 is 9.64 Å². The molecule has 1 aliphatic rings. The highest BCUT2D eigenvalue weighted by molar-refractivity contribution is 5.98. The van der Waals surface area contributed by atoms with Crippen LogP contribution in [0.15, 0.2) is 18.2 Å². The summed E-state index contributed by atoms with van der Waals surface area (Å²) in [6.45, 7) is 10.1. The van der Waals surface area contributed by atoms with Gasteiger partial charge in [-0.1, -0.05) is 20.3 Å². The van der Waals surface area contributed by atoms with E-state index in [4.69, 9.17) is 4.74 Å². The quantitative estimate of drug-likeness (QED) is 0.705. The summed E-state index contributed by atoms with van der Waals surface area (Å²) in [5.74, 6) is 1.45. The molecule has 1 heterocycles. The van der Waals surface area contributed by atoms with E-state index in [0.29, 0.717) is 18.9 Å². The summed E-state index contributed by atoms with van der Waals surface area (Å²) < 4.78 is 5.57. The predicted molar refractivity (Wildman–Crippen MR) is 90.9 cm³/mol. The number of likely N-dealkylation sites (tertiary alicyclic amines) is 1. The van der Waals surface area contributed by atoms with Gasteiger partial charge in [0.2, 0.25) is 0 Å². The summed E-state index contributed by atoms with van der Waals surface area (Å²) in [6, 6.07) is 5.89. The van der Waals surface area contributed by atoms with Gasteiger partial charge in [-0.3, -0.25) is 4.79 Å². The minimum Gasteiger partial charge on any atom is -0.494 e. The van der Waals surface area contributed by atoms with Crippen LogP contribution in [0.1, 0.15) is 68.3 Å². The summed E-state index contributed by atoms with van der Waals surface area (Å²) in [5, 5.41) is 0. The lowest BCUT2D eigenvalue weighted by molar-refractivity contribution is 0.0957. The van der Waals surface area contributed by atoms with Gasteiger partial charge in [0.1, 0.15) is 5.75 Å². The highest BCUT2D eigenvalue weighted by Gasteiger charge is 2.17. The number of benzene rings is 1. The van der Waals surface area contributed by atoms with Crippen LogP contribution in [0.3, 0.4) is 0 Å². The standard InChI is InChI=1S/C19H29NO2/c1-4-22-16-8-9-17(18(14-16)15(2)3)19(21)10-13-20-11-6-5-7-12-20/h8-9,14-15H,4-7,10-13H2,1-3H3. The molecular formula is C19H29NO2. The average Bonchev–Trinajstić information content (AvgIpc) is 2.54. The number of Topliss-reactive ketones (excluding diaryl/α,β-unsaturated/α-hetero) is 1. The van der Waals surface area contributed by atoms with Gasteiger partial charge >= 0.3 is 0 Å². The molecule has 0 atom stereocenters. The summed E-state index contributed by atoms with van der Waals surface area (Å²) in [7, 11) is 0. The van der Waals surface area contributed by atoms with Crippen LogP contribution in [0.4, 0.5) is 0 Å². The SMILES string of the molecule is CCOc1ccc(C(=O)CCN2CCCCC2)c(C(C)C)c1. The van der Waals surface area contributed by atoms with Crippen LogP contribution in [0.5, 0.6) is 5.75 Å². The smallest absolute Gasteiger partial charge is 0.164 e. The monoisotopic (exact) mass is 303 g/mol. The van der Waals surface area contributed by atoms with Crippen molar-refractivity contribution >= 4 is 5.78 Å². The minimum absolute atomic E-state index is 0.261. The van der Waals surface area contributed by atoms with Crippen molar-refractivity contribution in [2.24, 2.45) is 0 Å². The van der Waals surface area contributed by atoms with Crippen molar-refractivity contribution in [1.82, 2.24) is 4.90 Å². The molecule has 0 unspecified atom stereocenters. The van der Waals surface area contributed by atoms with Crippen LogP contribution in [0.2, 0.25) is 0 Å². The van der Waals surface area contributed by atoms with Gasteiger partial charge in [-0.15, -0.1) is 0 Å². The van der Waals surface area contributed by atoms with E-state index in [0.717, 1.165) is 36.5 Å². The second-order valence-corrected chi connectivity index (χ2v) is 6.41. The number of ketones is 1. The maximum atomic E-state index is 12.6. The molecule has 0 bridgehead atoms. The normalized spacial score (nSPS) is 16.0. The van der Waals surface area contributed by atoms with Gasteiger partial charge in [-0.2, -0.15) is 0 Å². The Bertz CT molecular complexity index is 490. The molecule has 1 aliphatic heterocycles. The van der Waals surface area contributed by atoms with E-state index in [1.807, 2.05) is 25.1 Å². The Balaban J connectivity index is 2.04. The van der Waals surface area contributed by atoms with Gasteiger partial charge in [0.05, 0.1) is 6.61 Å². The Morgan fingerprint density at radius 1 is 1.23 bits per heavy atom. The van der Waals surface area contributed by atoms with E-state index in [9.17, 15) is 4.79 Å². The zero-order valence-electron chi connectivity index (χ0n) is 14.2. The lowest BCUT2D eigenvalue weighted by Crippen LogP contribution is -2.31. The molecule has 122 valence electrons. The molecule has 2 rings (SSSR count). The van der Waals surface area contributed by atoms with Gasteiger partial charge in [-0.05, 0) is 62.5 Å². The van der Waals surface area contributed by atoms with Crippen molar-refractivity contribution in [3.8, 4) is 5.75 Å². The molecular weight excluding hydrogens is 274 g/mol. The number of rotatable bonds is 7. The van der Waals surface area contributed by atoms with E-state index in [1.165, 1.54) is 19.3 Å². The maximum Gasteiger partial charge on any atom is 0.164 e. The van der Waals surface area contributed by atoms with E-state index >= 15 is 0 Å². The molecule has 0 radical (unpaired) electrons. The Morgan fingerprint density at radius 2 is 1.95 bits per heavy atom. The number of hydrogen-bond acceptors (Lipinski definition) is 3. The lowest BCUT2D eigenvalue weighted by Gasteiger charge is -2.26. The average molecular weight is 303 g/mol. The molecule has 0 aliphatic carbocycles. The van der Waals surface area contributed by atoms with Crippen molar-refractivity contribution < 1.29 is 9.53 Å². The fraction of sp³-hybridized carbons (Fsp3) is 0.632. The zero-order chi connectivity index (χ0) is 15.9. The third kappa shape index (κ3) is 4.57. The summed E-state index contributed by atoms with van der Waals surface area (Å²) in [4.78, 5) is 15.0. The zero-order valence-corrected chi connectivity index (χ0v) is 14.2. The van der Waals surface area contributed by atoms with Crippen LogP contribution in [-0.2, 0) is 0 Å².